The molecule has 188 valence electrons. The van der Waals surface area contributed by atoms with E-state index in [4.69, 9.17) is 9.15 Å². The highest BCUT2D eigenvalue weighted by Crippen LogP contribution is 2.40. The summed E-state index contributed by atoms with van der Waals surface area (Å²) in [4.78, 5) is 15.5. The molecule has 1 atom stereocenters. The molecule has 1 aromatic heterocycles. The fourth-order valence-electron chi connectivity index (χ4n) is 5.00. The van der Waals surface area contributed by atoms with Crippen molar-refractivity contribution in [3.63, 3.8) is 0 Å². The Morgan fingerprint density at radius 2 is 1.86 bits per heavy atom. The van der Waals surface area contributed by atoms with Crippen LogP contribution in [0, 0.1) is 0 Å². The van der Waals surface area contributed by atoms with Crippen LogP contribution in [0.3, 0.4) is 0 Å². The van der Waals surface area contributed by atoms with Gasteiger partial charge in [0.2, 0.25) is 11.2 Å². The molecule has 2 heterocycles. The number of benzene rings is 3. The van der Waals surface area contributed by atoms with Gasteiger partial charge in [0, 0.05) is 12.6 Å². The van der Waals surface area contributed by atoms with Crippen molar-refractivity contribution in [2.75, 3.05) is 6.54 Å². The summed E-state index contributed by atoms with van der Waals surface area (Å²) in [6.07, 6.45) is -1.08. The molecular formula is C28H26F3NO4. The molecule has 3 aromatic carbocycles. The molecule has 0 radical (unpaired) electrons. The average molecular weight is 498 g/mol. The number of phenols is 1. The standard InChI is InChI=1S/C28H26F3NO4/c1-2-19-9-5-6-14-32(19)16-22-23(33)13-12-21-24(34)26(27(28(29,30)31)36-25(21)22)35-20-11-10-17-7-3-4-8-18(17)15-20/h3-4,7-8,10-13,15,19,33H,2,5-6,9,14,16H2,1H3/t19-/m1/s1. The minimum Gasteiger partial charge on any atom is -0.507 e. The van der Waals surface area contributed by atoms with Gasteiger partial charge in [0.25, 0.3) is 5.76 Å². The first-order valence-corrected chi connectivity index (χ1v) is 12.1. The maximum absolute atomic E-state index is 14.1. The summed E-state index contributed by atoms with van der Waals surface area (Å²) in [7, 11) is 0. The van der Waals surface area contributed by atoms with E-state index in [0.717, 1.165) is 43.0 Å². The minimum absolute atomic E-state index is 0.0725. The summed E-state index contributed by atoms with van der Waals surface area (Å²) >= 11 is 0. The monoisotopic (exact) mass is 497 g/mol. The van der Waals surface area contributed by atoms with Gasteiger partial charge in [-0.3, -0.25) is 9.69 Å². The van der Waals surface area contributed by atoms with Crippen LogP contribution < -0.4 is 10.2 Å². The Morgan fingerprint density at radius 1 is 1.08 bits per heavy atom. The zero-order valence-corrected chi connectivity index (χ0v) is 19.8. The van der Waals surface area contributed by atoms with Gasteiger partial charge in [0.05, 0.1) is 10.9 Å². The van der Waals surface area contributed by atoms with E-state index in [1.807, 2.05) is 12.1 Å². The molecular weight excluding hydrogens is 471 g/mol. The van der Waals surface area contributed by atoms with Gasteiger partial charge in [-0.2, -0.15) is 13.2 Å². The number of piperidine rings is 1. The van der Waals surface area contributed by atoms with Crippen LogP contribution in [0.1, 0.15) is 43.9 Å². The van der Waals surface area contributed by atoms with E-state index >= 15 is 0 Å². The van der Waals surface area contributed by atoms with Crippen molar-refractivity contribution in [2.24, 2.45) is 0 Å². The van der Waals surface area contributed by atoms with Crippen LogP contribution in [0.5, 0.6) is 17.2 Å². The van der Waals surface area contributed by atoms with Gasteiger partial charge in [0.15, 0.2) is 0 Å². The van der Waals surface area contributed by atoms with E-state index in [1.165, 1.54) is 18.2 Å². The van der Waals surface area contributed by atoms with Crippen LogP contribution in [0.2, 0.25) is 0 Å². The van der Waals surface area contributed by atoms with E-state index < -0.39 is 23.1 Å². The Kier molecular flexibility index (Phi) is 6.38. The largest absolute Gasteiger partial charge is 0.507 e. The molecule has 0 aliphatic carbocycles. The molecule has 1 saturated heterocycles. The highest BCUT2D eigenvalue weighted by Gasteiger charge is 2.41. The number of ether oxygens (including phenoxy) is 1. The summed E-state index contributed by atoms with van der Waals surface area (Å²) in [5.41, 5.74) is -1.03. The Bertz CT molecular complexity index is 1480. The van der Waals surface area contributed by atoms with Crippen molar-refractivity contribution in [3.05, 3.63) is 76.1 Å². The molecule has 0 spiro atoms. The number of rotatable bonds is 5. The highest BCUT2D eigenvalue weighted by molar-refractivity contribution is 5.85. The third kappa shape index (κ3) is 4.53. The van der Waals surface area contributed by atoms with Crippen LogP contribution in [-0.2, 0) is 12.7 Å². The fraction of sp³-hybridized carbons (Fsp3) is 0.321. The van der Waals surface area contributed by atoms with Crippen molar-refractivity contribution in [2.45, 2.75) is 51.4 Å². The predicted octanol–water partition coefficient (Wildman–Crippen LogP) is 7.23. The molecule has 0 bridgehead atoms. The smallest absolute Gasteiger partial charge is 0.453 e. The molecule has 36 heavy (non-hydrogen) atoms. The first kappa shape index (κ1) is 24.2. The lowest BCUT2D eigenvalue weighted by Gasteiger charge is -2.35. The average Bonchev–Trinajstić information content (AvgIpc) is 2.86. The number of hydrogen-bond acceptors (Lipinski definition) is 5. The molecule has 1 aliphatic rings. The van der Waals surface area contributed by atoms with Gasteiger partial charge in [0.1, 0.15) is 17.1 Å². The normalized spacial score (nSPS) is 17.1. The number of nitrogens with zero attached hydrogens (tertiary/aromatic N) is 1. The van der Waals surface area contributed by atoms with Crippen molar-refractivity contribution < 1.29 is 27.4 Å². The van der Waals surface area contributed by atoms with Gasteiger partial charge in [-0.05, 0) is 60.8 Å². The SMILES string of the molecule is CC[C@@H]1CCCCN1Cc1c(O)ccc2c(=O)c(Oc3ccc4ccccc4c3)c(C(F)(F)F)oc12. The summed E-state index contributed by atoms with van der Waals surface area (Å²) in [6, 6.07) is 15.0. The topological polar surface area (TPSA) is 62.9 Å². The zero-order chi connectivity index (χ0) is 25.4. The molecule has 5 rings (SSSR count). The summed E-state index contributed by atoms with van der Waals surface area (Å²) in [6.45, 7) is 3.00. The molecule has 8 heteroatoms. The van der Waals surface area contributed by atoms with Crippen molar-refractivity contribution in [1.29, 1.82) is 0 Å². The zero-order valence-electron chi connectivity index (χ0n) is 19.8. The predicted molar refractivity (Wildman–Crippen MR) is 132 cm³/mol. The summed E-state index contributed by atoms with van der Waals surface area (Å²) in [5, 5.41) is 12.2. The summed E-state index contributed by atoms with van der Waals surface area (Å²) < 4.78 is 53.3. The number of hydrogen-bond donors (Lipinski definition) is 1. The van der Waals surface area contributed by atoms with E-state index in [2.05, 4.69) is 11.8 Å². The van der Waals surface area contributed by atoms with E-state index in [0.29, 0.717) is 0 Å². The number of phenolic OH excluding ortho intramolecular Hbond substituents is 1. The van der Waals surface area contributed by atoms with Crippen LogP contribution in [0.4, 0.5) is 13.2 Å². The van der Waals surface area contributed by atoms with Gasteiger partial charge < -0.3 is 14.3 Å². The first-order chi connectivity index (χ1) is 17.3. The first-order valence-electron chi connectivity index (χ1n) is 12.1. The Balaban J connectivity index is 1.64. The molecule has 0 amide bonds. The summed E-state index contributed by atoms with van der Waals surface area (Å²) in [5.74, 6) is -2.57. The number of likely N-dealkylation sites (tertiary alicyclic amines) is 1. The lowest BCUT2D eigenvalue weighted by molar-refractivity contribution is -0.154. The van der Waals surface area contributed by atoms with Crippen LogP contribution >= 0.6 is 0 Å². The lowest BCUT2D eigenvalue weighted by Crippen LogP contribution is -2.38. The van der Waals surface area contributed by atoms with Crippen molar-refractivity contribution in [3.8, 4) is 17.2 Å². The molecule has 1 aliphatic heterocycles. The maximum atomic E-state index is 14.1. The second-order valence-corrected chi connectivity index (χ2v) is 9.17. The number of fused-ring (bicyclic) bond motifs is 2. The Hall–Kier alpha value is -3.52. The van der Waals surface area contributed by atoms with Gasteiger partial charge >= 0.3 is 6.18 Å². The quantitative estimate of drug-likeness (QED) is 0.315. The van der Waals surface area contributed by atoms with E-state index in [-0.39, 0.29) is 40.6 Å². The minimum atomic E-state index is -4.99. The molecule has 4 aromatic rings. The van der Waals surface area contributed by atoms with Gasteiger partial charge in [-0.15, -0.1) is 0 Å². The van der Waals surface area contributed by atoms with E-state index in [1.54, 1.807) is 24.3 Å². The van der Waals surface area contributed by atoms with Crippen LogP contribution in [0.15, 0.2) is 63.8 Å². The molecule has 1 N–H and O–H groups in total. The third-order valence-corrected chi connectivity index (χ3v) is 6.88. The van der Waals surface area contributed by atoms with Crippen molar-refractivity contribution >= 4 is 21.7 Å². The number of halogens is 3. The molecule has 0 saturated carbocycles. The molecule has 5 nitrogen and oxygen atoms in total. The second kappa shape index (κ2) is 9.50. The van der Waals surface area contributed by atoms with Crippen LogP contribution in [-0.4, -0.2) is 22.6 Å². The number of alkyl halides is 3. The maximum Gasteiger partial charge on any atom is 0.453 e. The Morgan fingerprint density at radius 3 is 2.61 bits per heavy atom. The third-order valence-electron chi connectivity index (χ3n) is 6.88. The number of aromatic hydroxyl groups is 1. The second-order valence-electron chi connectivity index (χ2n) is 9.17. The van der Waals surface area contributed by atoms with Gasteiger partial charge in [-0.25, -0.2) is 0 Å². The molecule has 1 fully saturated rings. The van der Waals surface area contributed by atoms with Crippen LogP contribution in [0.25, 0.3) is 21.7 Å². The molecule has 0 unspecified atom stereocenters. The lowest BCUT2D eigenvalue weighted by atomic mass is 9.98. The van der Waals surface area contributed by atoms with E-state index in [9.17, 15) is 23.1 Å². The highest BCUT2D eigenvalue weighted by atomic mass is 19.4. The fourth-order valence-corrected chi connectivity index (χ4v) is 5.00. The van der Waals surface area contributed by atoms with Gasteiger partial charge in [-0.1, -0.05) is 43.7 Å². The Labute approximate surface area is 205 Å². The van der Waals surface area contributed by atoms with Crippen molar-refractivity contribution in [1.82, 2.24) is 4.90 Å².